The van der Waals surface area contributed by atoms with Gasteiger partial charge < -0.3 is 0 Å². The monoisotopic (exact) mass is 513 g/mol. The Bertz CT molecular complexity index is 347. The van der Waals surface area contributed by atoms with Gasteiger partial charge >= 0.3 is 0 Å². The van der Waals surface area contributed by atoms with Crippen molar-refractivity contribution in [3.05, 3.63) is 0 Å². The third-order valence-electron chi connectivity index (χ3n) is 7.52. The van der Waals surface area contributed by atoms with E-state index >= 15 is 0 Å². The molecule has 0 aliphatic heterocycles. The summed E-state index contributed by atoms with van der Waals surface area (Å²) < 4.78 is 0. The van der Waals surface area contributed by atoms with Crippen molar-refractivity contribution in [1.82, 2.24) is 0 Å². The van der Waals surface area contributed by atoms with Crippen LogP contribution >= 0.6 is 6.70 Å². The van der Waals surface area contributed by atoms with Crippen molar-refractivity contribution in [2.24, 2.45) is 0 Å². The molecule has 2 heteroatoms. The van der Waals surface area contributed by atoms with Crippen molar-refractivity contribution in [2.75, 3.05) is 12.3 Å². The van der Waals surface area contributed by atoms with E-state index in [0.29, 0.717) is 0 Å². The van der Waals surface area contributed by atoms with Crippen molar-refractivity contribution in [2.45, 2.75) is 194 Å². The van der Waals surface area contributed by atoms with Gasteiger partial charge in [0, 0.05) is 0 Å². The van der Waals surface area contributed by atoms with E-state index in [-0.39, 0.29) is 6.70 Å². The standard InChI is InChI=1S/C32H66PS/c1-3-5-7-9-11-13-15-17-19-21-23-25-27-29-31-33(34)32-30-28-26-24-22-20-18-16-14-12-10-8-6-4-2/h3-32H2,1-2H3/q+1. The average molecular weight is 514 g/mol. The van der Waals surface area contributed by atoms with Gasteiger partial charge in [0.05, 0.1) is 0 Å². The summed E-state index contributed by atoms with van der Waals surface area (Å²) in [6.45, 7) is 4.53. The van der Waals surface area contributed by atoms with Crippen LogP contribution in [-0.4, -0.2) is 12.3 Å². The minimum absolute atomic E-state index is 0.0783. The molecule has 0 saturated carbocycles. The Labute approximate surface area is 224 Å². The third kappa shape index (κ3) is 30.6. The summed E-state index contributed by atoms with van der Waals surface area (Å²) in [6, 6.07) is 0. The first-order valence-corrected chi connectivity index (χ1v) is 19.0. The van der Waals surface area contributed by atoms with E-state index in [1.54, 1.807) is 0 Å². The molecule has 0 fully saturated rings. The van der Waals surface area contributed by atoms with Gasteiger partial charge in [0.25, 0.3) is 0 Å². The second-order valence-electron chi connectivity index (χ2n) is 11.1. The third-order valence-corrected chi connectivity index (χ3v) is 10.2. The van der Waals surface area contributed by atoms with Gasteiger partial charge in [-0.1, -0.05) is 168 Å². The molecule has 0 rings (SSSR count). The minimum atomic E-state index is -0.0783. The molecule has 0 amide bonds. The lowest BCUT2D eigenvalue weighted by Crippen LogP contribution is -1.88. The Hall–Kier alpha value is 0.520. The zero-order valence-corrected chi connectivity index (χ0v) is 25.8. The summed E-state index contributed by atoms with van der Waals surface area (Å²) in [5.41, 5.74) is 0. The first-order valence-electron chi connectivity index (χ1n) is 16.2. The Morgan fingerprint density at radius 2 is 0.471 bits per heavy atom. The maximum Gasteiger partial charge on any atom is 0.175 e. The summed E-state index contributed by atoms with van der Waals surface area (Å²) in [7, 11) is 0. The molecule has 0 atom stereocenters. The highest BCUT2D eigenvalue weighted by Crippen LogP contribution is 2.26. The average Bonchev–Trinajstić information content (AvgIpc) is 2.84. The van der Waals surface area contributed by atoms with Crippen molar-refractivity contribution >= 4 is 18.5 Å². The van der Waals surface area contributed by atoms with E-state index in [9.17, 15) is 0 Å². The van der Waals surface area contributed by atoms with Crippen LogP contribution in [0, 0.1) is 0 Å². The van der Waals surface area contributed by atoms with E-state index in [1.807, 2.05) is 0 Å². The Kier molecular flexibility index (Phi) is 32.0. The normalized spacial score (nSPS) is 11.4. The van der Waals surface area contributed by atoms with Crippen LogP contribution in [0.3, 0.4) is 0 Å². The molecule has 0 aromatic carbocycles. The summed E-state index contributed by atoms with van der Waals surface area (Å²) in [5, 5.41) is 0. The van der Waals surface area contributed by atoms with Gasteiger partial charge in [-0.3, -0.25) is 0 Å². The number of unbranched alkanes of at least 4 members (excludes halogenated alkanes) is 26. The molecule has 0 bridgehead atoms. The molecule has 0 N–H and O–H groups in total. The number of hydrogen-bond acceptors (Lipinski definition) is 1. The number of hydrogen-bond donors (Lipinski definition) is 0. The molecule has 0 aliphatic carbocycles. The molecule has 0 saturated heterocycles. The largest absolute Gasteiger partial charge is 0.175 e. The van der Waals surface area contributed by atoms with Crippen molar-refractivity contribution in [1.29, 1.82) is 0 Å². The molecular weight excluding hydrogens is 447 g/mol. The first-order chi connectivity index (χ1) is 16.8. The zero-order chi connectivity index (χ0) is 24.8. The maximum atomic E-state index is 5.79. The highest BCUT2D eigenvalue weighted by atomic mass is 32.4. The topological polar surface area (TPSA) is 0 Å². The smallest absolute Gasteiger partial charge is 0.0654 e. The fourth-order valence-electron chi connectivity index (χ4n) is 5.08. The van der Waals surface area contributed by atoms with Crippen LogP contribution in [0.2, 0.25) is 0 Å². The molecule has 0 aromatic heterocycles. The van der Waals surface area contributed by atoms with Crippen LogP contribution in [0.15, 0.2) is 0 Å². The quantitative estimate of drug-likeness (QED) is 0.0679. The molecule has 0 spiro atoms. The van der Waals surface area contributed by atoms with Crippen molar-refractivity contribution in [3.8, 4) is 0 Å². The van der Waals surface area contributed by atoms with Crippen molar-refractivity contribution < 1.29 is 0 Å². The van der Waals surface area contributed by atoms with Crippen molar-refractivity contribution in [3.63, 3.8) is 0 Å². The van der Waals surface area contributed by atoms with Crippen LogP contribution in [-0.2, 0) is 11.8 Å². The molecule has 0 nitrogen and oxygen atoms in total. The zero-order valence-electron chi connectivity index (χ0n) is 24.1. The lowest BCUT2D eigenvalue weighted by Gasteiger charge is -2.03. The van der Waals surface area contributed by atoms with Gasteiger partial charge in [0.2, 0.25) is 0 Å². The van der Waals surface area contributed by atoms with E-state index in [2.05, 4.69) is 13.8 Å². The SMILES string of the molecule is CCCCCCCCCCCCCCCC[P+](=S)CCCCCCCCCCCCCCCC. The van der Waals surface area contributed by atoms with Gasteiger partial charge in [-0.05, 0) is 25.7 Å². The fourth-order valence-corrected chi connectivity index (χ4v) is 7.23. The molecule has 0 unspecified atom stereocenters. The van der Waals surface area contributed by atoms with Crippen LogP contribution in [0.1, 0.15) is 194 Å². The first kappa shape index (κ1) is 34.5. The van der Waals surface area contributed by atoms with Gasteiger partial charge in [0.15, 0.2) is 18.5 Å². The van der Waals surface area contributed by atoms with Crippen LogP contribution in [0.25, 0.3) is 0 Å². The highest BCUT2D eigenvalue weighted by molar-refractivity contribution is 8.05. The Morgan fingerprint density at radius 1 is 0.294 bits per heavy atom. The van der Waals surface area contributed by atoms with Crippen LogP contribution < -0.4 is 0 Å². The maximum absolute atomic E-state index is 5.79. The molecule has 0 heterocycles. The van der Waals surface area contributed by atoms with Crippen LogP contribution in [0.5, 0.6) is 0 Å². The van der Waals surface area contributed by atoms with Gasteiger partial charge in [-0.15, -0.1) is 0 Å². The summed E-state index contributed by atoms with van der Waals surface area (Å²) in [5.74, 6) is 0. The predicted octanol–water partition coefficient (Wildman–Crippen LogP) is 12.9. The van der Waals surface area contributed by atoms with E-state index in [1.165, 1.54) is 192 Å². The second kappa shape index (κ2) is 31.5. The summed E-state index contributed by atoms with van der Waals surface area (Å²) >= 11 is 5.79. The molecule has 34 heavy (non-hydrogen) atoms. The minimum Gasteiger partial charge on any atom is -0.0654 e. The van der Waals surface area contributed by atoms with Crippen LogP contribution in [0.4, 0.5) is 0 Å². The fraction of sp³-hybridized carbons (Fsp3) is 1.00. The lowest BCUT2D eigenvalue weighted by atomic mass is 10.0. The van der Waals surface area contributed by atoms with E-state index in [4.69, 9.17) is 11.8 Å². The molecule has 0 aliphatic rings. The molecular formula is C32H66PS+. The Balaban J connectivity index is 3.14. The van der Waals surface area contributed by atoms with Gasteiger partial charge in [-0.25, -0.2) is 0 Å². The van der Waals surface area contributed by atoms with E-state index < -0.39 is 0 Å². The second-order valence-corrected chi connectivity index (χ2v) is 14.5. The van der Waals surface area contributed by atoms with Gasteiger partial charge in [-0.2, -0.15) is 0 Å². The molecule has 0 aromatic rings. The molecule has 0 radical (unpaired) electrons. The molecule has 204 valence electrons. The lowest BCUT2D eigenvalue weighted by molar-refractivity contribution is 0.538. The van der Waals surface area contributed by atoms with Gasteiger partial charge in [0.1, 0.15) is 12.3 Å². The summed E-state index contributed by atoms with van der Waals surface area (Å²) in [6.07, 6.45) is 43.4. The Morgan fingerprint density at radius 3 is 0.676 bits per heavy atom. The summed E-state index contributed by atoms with van der Waals surface area (Å²) in [4.78, 5) is 0. The highest BCUT2D eigenvalue weighted by Gasteiger charge is 2.08. The van der Waals surface area contributed by atoms with E-state index in [0.717, 1.165) is 0 Å². The predicted molar refractivity (Wildman–Crippen MR) is 165 cm³/mol. The number of rotatable bonds is 30.